The minimum Gasteiger partial charge on any atom is -0.466 e. The molecule has 0 bridgehead atoms. The van der Waals surface area contributed by atoms with Crippen molar-refractivity contribution in [1.29, 1.82) is 0 Å². The molecule has 2 heterocycles. The standard InChI is InChI=1S/C27H28N2O6/c1-16-11-12-21-18(13-16)14-27(19-9-7-8-10-22(19)29(17(2)30)24(27)32)20(23(31)34-6)15-28(21)25(33)35-26(3,4)5/h7-13,15H,14H2,1-6H3. The van der Waals surface area contributed by atoms with Crippen LogP contribution >= 0.6 is 0 Å². The van der Waals surface area contributed by atoms with E-state index in [1.807, 2.05) is 19.1 Å². The zero-order valence-electron chi connectivity index (χ0n) is 20.7. The summed E-state index contributed by atoms with van der Waals surface area (Å²) in [6.45, 7) is 8.43. The van der Waals surface area contributed by atoms with Crippen molar-refractivity contribution in [3.05, 3.63) is 70.9 Å². The minimum absolute atomic E-state index is 0.0455. The molecule has 0 saturated heterocycles. The number of carbonyl (C=O) groups excluding carboxylic acids is 4. The van der Waals surface area contributed by atoms with Crippen LogP contribution in [0.2, 0.25) is 0 Å². The summed E-state index contributed by atoms with van der Waals surface area (Å²) < 4.78 is 10.7. The van der Waals surface area contributed by atoms with Crippen LogP contribution in [-0.4, -0.2) is 36.6 Å². The number of amides is 3. The van der Waals surface area contributed by atoms with Gasteiger partial charge >= 0.3 is 12.1 Å². The third-order valence-corrected chi connectivity index (χ3v) is 6.15. The van der Waals surface area contributed by atoms with E-state index in [2.05, 4.69) is 0 Å². The van der Waals surface area contributed by atoms with Crippen molar-refractivity contribution < 1.29 is 28.7 Å². The number of hydrogen-bond acceptors (Lipinski definition) is 6. The number of ether oxygens (including phenoxy) is 2. The Balaban J connectivity index is 2.07. The molecule has 2 aliphatic rings. The lowest BCUT2D eigenvalue weighted by molar-refractivity contribution is -0.139. The zero-order valence-corrected chi connectivity index (χ0v) is 20.7. The summed E-state index contributed by atoms with van der Waals surface area (Å²) in [5, 5.41) is 0. The normalized spacial score (nSPS) is 19.0. The number of esters is 1. The van der Waals surface area contributed by atoms with Gasteiger partial charge in [0, 0.05) is 13.1 Å². The smallest absolute Gasteiger partial charge is 0.418 e. The molecule has 2 aliphatic heterocycles. The van der Waals surface area contributed by atoms with Crippen molar-refractivity contribution in [2.24, 2.45) is 0 Å². The van der Waals surface area contributed by atoms with Gasteiger partial charge in [-0.05, 0) is 57.4 Å². The second-order valence-corrected chi connectivity index (χ2v) is 9.78. The number of aryl methyl sites for hydroxylation is 1. The van der Waals surface area contributed by atoms with Crippen LogP contribution in [0.25, 0.3) is 0 Å². The molecule has 0 saturated carbocycles. The highest BCUT2D eigenvalue weighted by Gasteiger charge is 2.58. The molecule has 1 unspecified atom stereocenters. The summed E-state index contributed by atoms with van der Waals surface area (Å²) >= 11 is 0. The first kappa shape index (κ1) is 24.2. The molecule has 0 N–H and O–H groups in total. The van der Waals surface area contributed by atoms with Crippen LogP contribution in [0.3, 0.4) is 0 Å². The van der Waals surface area contributed by atoms with E-state index >= 15 is 0 Å². The zero-order chi connectivity index (χ0) is 25.7. The van der Waals surface area contributed by atoms with Crippen LogP contribution in [0.1, 0.15) is 44.4 Å². The van der Waals surface area contributed by atoms with E-state index in [1.165, 1.54) is 25.1 Å². The predicted molar refractivity (Wildman–Crippen MR) is 130 cm³/mol. The number of rotatable bonds is 1. The number of benzene rings is 2. The molecular weight excluding hydrogens is 448 g/mol. The maximum atomic E-state index is 14.1. The van der Waals surface area contributed by atoms with Gasteiger partial charge in [0.2, 0.25) is 11.8 Å². The first-order valence-corrected chi connectivity index (χ1v) is 11.3. The van der Waals surface area contributed by atoms with E-state index in [0.29, 0.717) is 22.5 Å². The Kier molecular flexibility index (Phi) is 5.79. The molecule has 4 rings (SSSR count). The van der Waals surface area contributed by atoms with Crippen molar-refractivity contribution in [2.45, 2.75) is 52.1 Å². The van der Waals surface area contributed by atoms with E-state index in [9.17, 15) is 19.2 Å². The largest absolute Gasteiger partial charge is 0.466 e. The Morgan fingerprint density at radius 2 is 1.71 bits per heavy atom. The van der Waals surface area contributed by atoms with Crippen LogP contribution in [0.4, 0.5) is 16.2 Å². The lowest BCUT2D eigenvalue weighted by Crippen LogP contribution is -2.47. The number of hydrogen-bond donors (Lipinski definition) is 0. The maximum absolute atomic E-state index is 14.1. The molecule has 0 radical (unpaired) electrons. The van der Waals surface area contributed by atoms with Crippen molar-refractivity contribution in [2.75, 3.05) is 16.9 Å². The van der Waals surface area contributed by atoms with Gasteiger partial charge in [0.05, 0.1) is 24.1 Å². The third-order valence-electron chi connectivity index (χ3n) is 6.15. The molecule has 0 aliphatic carbocycles. The molecule has 0 aromatic heterocycles. The maximum Gasteiger partial charge on any atom is 0.418 e. The van der Waals surface area contributed by atoms with Gasteiger partial charge in [0.1, 0.15) is 11.0 Å². The minimum atomic E-state index is -1.57. The van der Waals surface area contributed by atoms with Crippen molar-refractivity contribution in [3.8, 4) is 0 Å². The first-order chi connectivity index (χ1) is 16.4. The number of imide groups is 1. The Labute approximate surface area is 204 Å². The highest BCUT2D eigenvalue weighted by Crippen LogP contribution is 2.51. The Morgan fingerprint density at radius 1 is 1.03 bits per heavy atom. The van der Waals surface area contributed by atoms with Gasteiger partial charge in [-0.15, -0.1) is 0 Å². The van der Waals surface area contributed by atoms with Gasteiger partial charge < -0.3 is 9.47 Å². The van der Waals surface area contributed by atoms with Crippen molar-refractivity contribution >= 4 is 35.3 Å². The van der Waals surface area contributed by atoms with E-state index in [1.54, 1.807) is 51.1 Å². The summed E-state index contributed by atoms with van der Waals surface area (Å²) in [7, 11) is 1.21. The number of methoxy groups -OCH3 is 1. The SMILES string of the molecule is COC(=O)C1=CN(C(=O)OC(C)(C)C)c2ccc(C)cc2CC12C(=O)N(C(C)=O)c1ccccc12. The first-order valence-electron chi connectivity index (χ1n) is 11.3. The second-order valence-electron chi connectivity index (χ2n) is 9.78. The predicted octanol–water partition coefficient (Wildman–Crippen LogP) is 4.18. The molecule has 2 aromatic carbocycles. The molecule has 1 atom stereocenters. The molecule has 3 amide bonds. The highest BCUT2D eigenvalue weighted by atomic mass is 16.6. The molecule has 8 nitrogen and oxygen atoms in total. The van der Waals surface area contributed by atoms with Gasteiger partial charge in [0.15, 0.2) is 0 Å². The number of anilines is 2. The third kappa shape index (κ3) is 3.88. The lowest BCUT2D eigenvalue weighted by Gasteiger charge is -2.29. The monoisotopic (exact) mass is 476 g/mol. The molecule has 182 valence electrons. The molecular formula is C27H28N2O6. The lowest BCUT2D eigenvalue weighted by atomic mass is 9.71. The number of nitrogens with zero attached hydrogens (tertiary/aromatic N) is 2. The number of para-hydroxylation sites is 1. The summed E-state index contributed by atoms with van der Waals surface area (Å²) in [6, 6.07) is 12.3. The fourth-order valence-electron chi connectivity index (χ4n) is 4.77. The van der Waals surface area contributed by atoms with Crippen LogP contribution < -0.4 is 9.80 Å². The Bertz CT molecular complexity index is 1290. The van der Waals surface area contributed by atoms with Crippen molar-refractivity contribution in [1.82, 2.24) is 0 Å². The molecule has 1 spiro atoms. The van der Waals surface area contributed by atoms with Crippen molar-refractivity contribution in [3.63, 3.8) is 0 Å². The fourth-order valence-corrected chi connectivity index (χ4v) is 4.77. The average molecular weight is 477 g/mol. The van der Waals surface area contributed by atoms with Crippen LogP contribution in [-0.2, 0) is 35.7 Å². The van der Waals surface area contributed by atoms with E-state index in [-0.39, 0.29) is 12.0 Å². The van der Waals surface area contributed by atoms with Gasteiger partial charge in [0.25, 0.3) is 0 Å². The molecule has 2 aromatic rings. The Hall–Kier alpha value is -3.94. The van der Waals surface area contributed by atoms with Gasteiger partial charge in [-0.25, -0.2) is 14.5 Å². The highest BCUT2D eigenvalue weighted by molar-refractivity contribution is 6.26. The van der Waals surface area contributed by atoms with E-state index < -0.39 is 34.9 Å². The number of fused-ring (bicyclic) bond motifs is 3. The van der Waals surface area contributed by atoms with Crippen LogP contribution in [0, 0.1) is 6.92 Å². The quantitative estimate of drug-likeness (QED) is 0.574. The Morgan fingerprint density at radius 3 is 2.34 bits per heavy atom. The average Bonchev–Trinajstić information content (AvgIpc) is 2.92. The second kappa shape index (κ2) is 8.37. The summed E-state index contributed by atoms with van der Waals surface area (Å²) in [5.74, 6) is -1.82. The van der Waals surface area contributed by atoms with E-state index in [0.717, 1.165) is 10.5 Å². The summed E-state index contributed by atoms with van der Waals surface area (Å²) in [5.41, 5.74) is 0.512. The molecule has 0 fully saturated rings. The number of carbonyl (C=O) groups is 4. The fraction of sp³-hybridized carbons (Fsp3) is 0.333. The van der Waals surface area contributed by atoms with Crippen LogP contribution in [0.5, 0.6) is 0 Å². The van der Waals surface area contributed by atoms with E-state index in [4.69, 9.17) is 9.47 Å². The van der Waals surface area contributed by atoms with Gasteiger partial charge in [-0.3, -0.25) is 14.5 Å². The van der Waals surface area contributed by atoms with Crippen LogP contribution in [0.15, 0.2) is 54.2 Å². The summed E-state index contributed by atoms with van der Waals surface area (Å²) in [4.78, 5) is 55.6. The van der Waals surface area contributed by atoms with Gasteiger partial charge in [-0.2, -0.15) is 0 Å². The topological polar surface area (TPSA) is 93.2 Å². The molecule has 35 heavy (non-hydrogen) atoms. The molecule has 8 heteroatoms. The van der Waals surface area contributed by atoms with Gasteiger partial charge in [-0.1, -0.05) is 35.9 Å². The summed E-state index contributed by atoms with van der Waals surface area (Å²) in [6.07, 6.45) is 0.659.